The lowest BCUT2D eigenvalue weighted by molar-refractivity contribution is -0.139. The van der Waals surface area contributed by atoms with Gasteiger partial charge in [0.2, 0.25) is 6.29 Å². The fourth-order valence-corrected chi connectivity index (χ4v) is 1.93. The number of hydrogen-bond donors (Lipinski definition) is 3. The number of carbonyl (C=O) groups excluding carboxylic acids is 1. The van der Waals surface area contributed by atoms with Gasteiger partial charge in [0.05, 0.1) is 19.2 Å². The Balaban J connectivity index is 2.07. The van der Waals surface area contributed by atoms with Crippen LogP contribution < -0.4 is 5.48 Å². The third-order valence-electron chi connectivity index (χ3n) is 3.24. The molecule has 0 amide bonds. The van der Waals surface area contributed by atoms with E-state index in [2.05, 4.69) is 10.2 Å². The lowest BCUT2D eigenvalue weighted by Gasteiger charge is -2.16. The fraction of sp³-hybridized carbons (Fsp3) is 0.167. The maximum Gasteiger partial charge on any atom is 0.309 e. The number of esters is 1. The summed E-state index contributed by atoms with van der Waals surface area (Å²) in [6.07, 6.45) is 0.438. The average Bonchev–Trinajstić information content (AvgIpc) is 2.62. The standard InChI is InChI=1S/C18H19NO5/c1-23-17(21)12-11-16(13-5-3-2-4-6-13)19-24-18(22)14-7-9-15(20)10-8-14/h2-11,18-20,22H,12H2,1H3. The number of aliphatic hydroxyl groups excluding tert-OH is 1. The van der Waals surface area contributed by atoms with Gasteiger partial charge >= 0.3 is 5.97 Å². The van der Waals surface area contributed by atoms with Crippen molar-refractivity contribution in [2.45, 2.75) is 12.7 Å². The zero-order chi connectivity index (χ0) is 17.4. The summed E-state index contributed by atoms with van der Waals surface area (Å²) in [5.41, 5.74) is 4.46. The normalized spacial score (nSPS) is 12.5. The smallest absolute Gasteiger partial charge is 0.309 e. The van der Waals surface area contributed by atoms with Gasteiger partial charge in [-0.1, -0.05) is 42.5 Å². The molecule has 0 saturated heterocycles. The van der Waals surface area contributed by atoms with Gasteiger partial charge in [-0.25, -0.2) is 4.84 Å². The highest BCUT2D eigenvalue weighted by Gasteiger charge is 2.10. The van der Waals surface area contributed by atoms with Crippen LogP contribution in [0.1, 0.15) is 23.8 Å². The van der Waals surface area contributed by atoms with Gasteiger partial charge in [-0.15, -0.1) is 0 Å². The molecule has 2 aromatic rings. The molecule has 1 atom stereocenters. The van der Waals surface area contributed by atoms with Crippen LogP contribution in [0.3, 0.4) is 0 Å². The molecule has 1 unspecified atom stereocenters. The number of aromatic hydroxyl groups is 1. The highest BCUT2D eigenvalue weighted by atomic mass is 16.7. The molecule has 0 heterocycles. The predicted octanol–water partition coefficient (Wildman–Crippen LogP) is 2.51. The van der Waals surface area contributed by atoms with E-state index in [-0.39, 0.29) is 18.1 Å². The number of carbonyl (C=O) groups is 1. The third-order valence-corrected chi connectivity index (χ3v) is 3.24. The molecule has 0 aromatic heterocycles. The number of ether oxygens (including phenoxy) is 1. The molecule has 2 aromatic carbocycles. The first-order chi connectivity index (χ1) is 11.6. The van der Waals surface area contributed by atoms with Crippen LogP contribution in [0.2, 0.25) is 0 Å². The molecule has 6 heteroatoms. The molecule has 0 aliphatic carbocycles. The summed E-state index contributed by atoms with van der Waals surface area (Å²) in [7, 11) is 1.32. The van der Waals surface area contributed by atoms with Crippen molar-refractivity contribution in [3.8, 4) is 5.75 Å². The van der Waals surface area contributed by atoms with Crippen molar-refractivity contribution in [2.24, 2.45) is 0 Å². The average molecular weight is 329 g/mol. The maximum absolute atomic E-state index is 11.3. The molecule has 0 bridgehead atoms. The number of hydrogen-bond acceptors (Lipinski definition) is 6. The SMILES string of the molecule is COC(=O)CC=C(NOC(O)c1ccc(O)cc1)c1ccccc1. The zero-order valence-corrected chi connectivity index (χ0v) is 13.2. The van der Waals surface area contributed by atoms with Gasteiger partial charge in [0.25, 0.3) is 0 Å². The second-order valence-electron chi connectivity index (χ2n) is 4.93. The van der Waals surface area contributed by atoms with E-state index in [9.17, 15) is 15.0 Å². The summed E-state index contributed by atoms with van der Waals surface area (Å²) in [6.45, 7) is 0. The van der Waals surface area contributed by atoms with Crippen LogP contribution in [0.5, 0.6) is 5.75 Å². The Bertz CT molecular complexity index is 682. The summed E-state index contributed by atoms with van der Waals surface area (Å²) >= 11 is 0. The topological polar surface area (TPSA) is 88.0 Å². The Labute approximate surface area is 139 Å². The van der Waals surface area contributed by atoms with Gasteiger partial charge in [0.1, 0.15) is 5.75 Å². The molecule has 24 heavy (non-hydrogen) atoms. The molecule has 0 fully saturated rings. The predicted molar refractivity (Wildman–Crippen MR) is 88.3 cm³/mol. The van der Waals surface area contributed by atoms with Crippen LogP contribution in [0, 0.1) is 0 Å². The zero-order valence-electron chi connectivity index (χ0n) is 13.2. The van der Waals surface area contributed by atoms with Crippen molar-refractivity contribution in [1.82, 2.24) is 5.48 Å². The van der Waals surface area contributed by atoms with Crippen LogP contribution in [0.25, 0.3) is 5.70 Å². The second kappa shape index (κ2) is 8.71. The molecule has 126 valence electrons. The minimum atomic E-state index is -1.24. The highest BCUT2D eigenvalue weighted by Crippen LogP contribution is 2.19. The number of nitrogens with one attached hydrogen (secondary N) is 1. The minimum Gasteiger partial charge on any atom is -0.508 e. The maximum atomic E-state index is 11.3. The van der Waals surface area contributed by atoms with Gasteiger partial charge in [-0.05, 0) is 23.8 Å². The van der Waals surface area contributed by atoms with Gasteiger partial charge in [-0.2, -0.15) is 0 Å². The van der Waals surface area contributed by atoms with Gasteiger partial charge in [0.15, 0.2) is 0 Å². The summed E-state index contributed by atoms with van der Waals surface area (Å²) in [4.78, 5) is 16.6. The molecule has 0 saturated carbocycles. The van der Waals surface area contributed by atoms with Crippen molar-refractivity contribution >= 4 is 11.7 Å². The largest absolute Gasteiger partial charge is 0.508 e. The van der Waals surface area contributed by atoms with Crippen molar-refractivity contribution in [1.29, 1.82) is 0 Å². The first-order valence-corrected chi connectivity index (χ1v) is 7.31. The van der Waals surface area contributed by atoms with Crippen LogP contribution in [0.15, 0.2) is 60.7 Å². The number of rotatable bonds is 7. The van der Waals surface area contributed by atoms with E-state index in [1.807, 2.05) is 30.3 Å². The quantitative estimate of drug-likeness (QED) is 0.411. The van der Waals surface area contributed by atoms with Crippen molar-refractivity contribution in [3.05, 3.63) is 71.8 Å². The Morgan fingerprint density at radius 1 is 1.17 bits per heavy atom. The Morgan fingerprint density at radius 2 is 1.83 bits per heavy atom. The number of aliphatic hydroxyl groups is 1. The second-order valence-corrected chi connectivity index (χ2v) is 4.93. The molecule has 0 aliphatic rings. The molecule has 2 rings (SSSR count). The summed E-state index contributed by atoms with van der Waals surface area (Å²) < 4.78 is 4.62. The lowest BCUT2D eigenvalue weighted by atomic mass is 10.1. The van der Waals surface area contributed by atoms with E-state index in [1.165, 1.54) is 19.2 Å². The van der Waals surface area contributed by atoms with Gasteiger partial charge < -0.3 is 14.9 Å². The Hall–Kier alpha value is -2.83. The van der Waals surface area contributed by atoms with Gasteiger partial charge in [-0.3, -0.25) is 10.3 Å². The van der Waals surface area contributed by atoms with Gasteiger partial charge in [0, 0.05) is 5.56 Å². The summed E-state index contributed by atoms with van der Waals surface area (Å²) in [6, 6.07) is 15.2. The number of phenols is 1. The summed E-state index contributed by atoms with van der Waals surface area (Å²) in [5, 5.41) is 19.3. The van der Waals surface area contributed by atoms with Crippen LogP contribution >= 0.6 is 0 Å². The van der Waals surface area contributed by atoms with Crippen molar-refractivity contribution in [2.75, 3.05) is 7.11 Å². The third kappa shape index (κ3) is 5.12. The summed E-state index contributed by atoms with van der Waals surface area (Å²) in [5.74, 6) is -0.286. The monoisotopic (exact) mass is 329 g/mol. The number of hydroxylamine groups is 1. The molecular weight excluding hydrogens is 310 g/mol. The number of methoxy groups -OCH3 is 1. The van der Waals surface area contributed by atoms with Crippen molar-refractivity contribution in [3.63, 3.8) is 0 Å². The highest BCUT2D eigenvalue weighted by molar-refractivity contribution is 5.74. The number of phenolic OH excluding ortho intramolecular Hbond substituents is 1. The van der Waals surface area contributed by atoms with E-state index < -0.39 is 6.29 Å². The van der Waals surface area contributed by atoms with Crippen molar-refractivity contribution < 1.29 is 24.6 Å². The first-order valence-electron chi connectivity index (χ1n) is 7.31. The van der Waals surface area contributed by atoms with E-state index in [0.717, 1.165) is 5.56 Å². The Morgan fingerprint density at radius 3 is 2.46 bits per heavy atom. The van der Waals surface area contributed by atoms with Crippen LogP contribution in [-0.2, 0) is 14.4 Å². The Kier molecular flexibility index (Phi) is 6.36. The minimum absolute atomic E-state index is 0.0619. The molecule has 6 nitrogen and oxygen atoms in total. The fourth-order valence-electron chi connectivity index (χ4n) is 1.93. The van der Waals surface area contributed by atoms with E-state index in [4.69, 9.17) is 4.84 Å². The molecule has 0 aliphatic heterocycles. The van der Waals surface area contributed by atoms with E-state index in [1.54, 1.807) is 18.2 Å². The van der Waals surface area contributed by atoms with E-state index >= 15 is 0 Å². The lowest BCUT2D eigenvalue weighted by Crippen LogP contribution is -2.18. The number of benzene rings is 2. The molecule has 3 N–H and O–H groups in total. The van der Waals surface area contributed by atoms with Crippen LogP contribution in [-0.4, -0.2) is 23.3 Å². The van der Waals surface area contributed by atoms with E-state index in [0.29, 0.717) is 11.3 Å². The first kappa shape index (κ1) is 17.5. The van der Waals surface area contributed by atoms with Crippen LogP contribution in [0.4, 0.5) is 0 Å². The molecule has 0 radical (unpaired) electrons. The molecule has 0 spiro atoms. The molecular formula is C18H19NO5.